The van der Waals surface area contributed by atoms with E-state index in [-0.39, 0.29) is 5.28 Å². The van der Waals surface area contributed by atoms with Crippen molar-refractivity contribution in [3.8, 4) is 0 Å². The molecular weight excluding hydrogens is 312 g/mol. The maximum absolute atomic E-state index is 5.77. The van der Waals surface area contributed by atoms with E-state index in [1.54, 1.807) is 12.3 Å². The Balaban J connectivity index is 1.55. The van der Waals surface area contributed by atoms with Crippen molar-refractivity contribution in [3.63, 3.8) is 0 Å². The van der Waals surface area contributed by atoms with Crippen LogP contribution in [0.3, 0.4) is 0 Å². The molecule has 1 fully saturated rings. The highest BCUT2D eigenvalue weighted by Gasteiger charge is 2.15. The molecule has 1 aliphatic heterocycles. The zero-order chi connectivity index (χ0) is 16.1. The second-order valence-electron chi connectivity index (χ2n) is 5.60. The van der Waals surface area contributed by atoms with Gasteiger partial charge in [-0.25, -0.2) is 15.0 Å². The molecule has 0 aliphatic carbocycles. The lowest BCUT2D eigenvalue weighted by Crippen LogP contribution is -2.45. The van der Waals surface area contributed by atoms with Crippen LogP contribution in [0.2, 0.25) is 5.28 Å². The van der Waals surface area contributed by atoms with Crippen LogP contribution in [-0.2, 0) is 6.54 Å². The standard InChI is InChI=1S/C16H21ClN6/c1-2-22-7-9-23(10-8-22)12-13-3-4-14(19-11-13)20-15-5-6-18-16(17)21-15/h3-6,11H,2,7-10,12H2,1H3,(H,18,19,20,21). The smallest absolute Gasteiger partial charge is 0.224 e. The average molecular weight is 333 g/mol. The number of likely N-dealkylation sites (N-methyl/N-ethyl adjacent to an activating group) is 1. The summed E-state index contributed by atoms with van der Waals surface area (Å²) in [4.78, 5) is 17.3. The van der Waals surface area contributed by atoms with Gasteiger partial charge in [-0.1, -0.05) is 13.0 Å². The van der Waals surface area contributed by atoms with Gasteiger partial charge >= 0.3 is 0 Å². The molecule has 7 heteroatoms. The maximum atomic E-state index is 5.77. The Morgan fingerprint density at radius 3 is 2.48 bits per heavy atom. The van der Waals surface area contributed by atoms with Gasteiger partial charge in [-0.15, -0.1) is 0 Å². The molecule has 2 aromatic heterocycles. The molecule has 1 saturated heterocycles. The third kappa shape index (κ3) is 4.60. The molecule has 122 valence electrons. The highest BCUT2D eigenvalue weighted by Crippen LogP contribution is 2.14. The Kier molecular flexibility index (Phi) is 5.38. The zero-order valence-electron chi connectivity index (χ0n) is 13.2. The predicted molar refractivity (Wildman–Crippen MR) is 92.0 cm³/mol. The van der Waals surface area contributed by atoms with Crippen LogP contribution >= 0.6 is 11.6 Å². The number of hydrogen-bond acceptors (Lipinski definition) is 6. The zero-order valence-corrected chi connectivity index (χ0v) is 14.0. The van der Waals surface area contributed by atoms with Gasteiger partial charge < -0.3 is 10.2 Å². The van der Waals surface area contributed by atoms with E-state index in [1.165, 1.54) is 5.56 Å². The van der Waals surface area contributed by atoms with Gasteiger partial charge in [0.05, 0.1) is 0 Å². The molecule has 0 saturated carbocycles. The number of rotatable bonds is 5. The molecule has 0 unspecified atom stereocenters. The van der Waals surface area contributed by atoms with E-state index >= 15 is 0 Å². The van der Waals surface area contributed by atoms with Crippen molar-refractivity contribution >= 4 is 23.2 Å². The number of pyridine rings is 1. The van der Waals surface area contributed by atoms with Crippen molar-refractivity contribution in [2.75, 3.05) is 38.0 Å². The molecule has 1 N–H and O–H groups in total. The Labute approximate surface area is 141 Å². The van der Waals surface area contributed by atoms with Gasteiger partial charge in [0.1, 0.15) is 11.6 Å². The molecule has 0 radical (unpaired) electrons. The lowest BCUT2D eigenvalue weighted by Gasteiger charge is -2.33. The number of hydrogen-bond donors (Lipinski definition) is 1. The van der Waals surface area contributed by atoms with Crippen LogP contribution in [0.1, 0.15) is 12.5 Å². The molecule has 23 heavy (non-hydrogen) atoms. The van der Waals surface area contributed by atoms with Crippen LogP contribution in [0, 0.1) is 0 Å². The molecule has 2 aromatic rings. The maximum Gasteiger partial charge on any atom is 0.224 e. The molecule has 1 aliphatic rings. The summed E-state index contributed by atoms with van der Waals surface area (Å²) in [5.41, 5.74) is 1.22. The van der Waals surface area contributed by atoms with E-state index in [0.717, 1.165) is 45.1 Å². The summed E-state index contributed by atoms with van der Waals surface area (Å²) in [6.07, 6.45) is 3.53. The third-order valence-corrected chi connectivity index (χ3v) is 4.21. The first-order valence-electron chi connectivity index (χ1n) is 7.88. The van der Waals surface area contributed by atoms with Gasteiger partial charge in [0.25, 0.3) is 0 Å². The van der Waals surface area contributed by atoms with Crippen LogP contribution < -0.4 is 5.32 Å². The Hall–Kier alpha value is -1.76. The fraction of sp³-hybridized carbons (Fsp3) is 0.438. The Bertz CT molecular complexity index is 625. The van der Waals surface area contributed by atoms with Crippen molar-refractivity contribution in [1.29, 1.82) is 0 Å². The molecule has 0 amide bonds. The molecule has 3 rings (SSSR count). The summed E-state index contributed by atoms with van der Waals surface area (Å²) >= 11 is 5.77. The van der Waals surface area contributed by atoms with Crippen LogP contribution in [0.15, 0.2) is 30.6 Å². The fourth-order valence-corrected chi connectivity index (χ4v) is 2.80. The van der Waals surface area contributed by atoms with E-state index in [9.17, 15) is 0 Å². The number of anilines is 2. The van der Waals surface area contributed by atoms with Crippen molar-refractivity contribution in [2.24, 2.45) is 0 Å². The van der Waals surface area contributed by atoms with E-state index in [0.29, 0.717) is 5.82 Å². The summed E-state index contributed by atoms with van der Waals surface area (Å²) < 4.78 is 0. The molecule has 6 nitrogen and oxygen atoms in total. The fourth-order valence-electron chi connectivity index (χ4n) is 2.65. The quantitative estimate of drug-likeness (QED) is 0.849. The summed E-state index contributed by atoms with van der Waals surface area (Å²) in [6, 6.07) is 5.83. The van der Waals surface area contributed by atoms with Crippen LogP contribution in [0.5, 0.6) is 0 Å². The minimum atomic E-state index is 0.220. The van der Waals surface area contributed by atoms with Crippen molar-refractivity contribution in [2.45, 2.75) is 13.5 Å². The van der Waals surface area contributed by atoms with Gasteiger partial charge in [-0.2, -0.15) is 0 Å². The highest BCUT2D eigenvalue weighted by molar-refractivity contribution is 6.28. The number of aromatic nitrogens is 3. The number of nitrogens with zero attached hydrogens (tertiary/aromatic N) is 5. The van der Waals surface area contributed by atoms with E-state index in [4.69, 9.17) is 11.6 Å². The average Bonchev–Trinajstić information content (AvgIpc) is 2.57. The molecule has 0 atom stereocenters. The minimum Gasteiger partial charge on any atom is -0.325 e. The van der Waals surface area contributed by atoms with Crippen LogP contribution in [-0.4, -0.2) is 57.5 Å². The largest absolute Gasteiger partial charge is 0.325 e. The van der Waals surface area contributed by atoms with E-state index < -0.39 is 0 Å². The number of nitrogens with one attached hydrogen (secondary N) is 1. The van der Waals surface area contributed by atoms with Gasteiger partial charge in [-0.05, 0) is 35.8 Å². The SMILES string of the molecule is CCN1CCN(Cc2ccc(Nc3ccnc(Cl)n3)nc2)CC1. The first-order valence-corrected chi connectivity index (χ1v) is 8.26. The highest BCUT2D eigenvalue weighted by atomic mass is 35.5. The first-order chi connectivity index (χ1) is 11.2. The van der Waals surface area contributed by atoms with Gasteiger partial charge in [0.2, 0.25) is 5.28 Å². The lowest BCUT2D eigenvalue weighted by molar-refractivity contribution is 0.132. The lowest BCUT2D eigenvalue weighted by atomic mass is 10.2. The van der Waals surface area contributed by atoms with E-state index in [2.05, 4.69) is 43.1 Å². The second-order valence-corrected chi connectivity index (χ2v) is 5.94. The predicted octanol–water partition coefficient (Wildman–Crippen LogP) is 2.41. The topological polar surface area (TPSA) is 57.2 Å². The van der Waals surface area contributed by atoms with Gasteiger partial charge in [0.15, 0.2) is 0 Å². The summed E-state index contributed by atoms with van der Waals surface area (Å²) in [5, 5.41) is 3.34. The first kappa shape index (κ1) is 16.1. The molecule has 0 aromatic carbocycles. The Morgan fingerprint density at radius 1 is 1.04 bits per heavy atom. The molecule has 3 heterocycles. The molecule has 0 bridgehead atoms. The monoisotopic (exact) mass is 332 g/mol. The number of halogens is 1. The molecular formula is C16H21ClN6. The van der Waals surface area contributed by atoms with Crippen LogP contribution in [0.4, 0.5) is 11.6 Å². The normalized spacial score (nSPS) is 16.4. The van der Waals surface area contributed by atoms with Crippen molar-refractivity contribution in [1.82, 2.24) is 24.8 Å². The van der Waals surface area contributed by atoms with Crippen LogP contribution in [0.25, 0.3) is 0 Å². The van der Waals surface area contributed by atoms with Crippen molar-refractivity contribution < 1.29 is 0 Å². The summed E-state index contributed by atoms with van der Waals surface area (Å²) in [6.45, 7) is 8.85. The minimum absolute atomic E-state index is 0.220. The number of piperazine rings is 1. The van der Waals surface area contributed by atoms with Gasteiger partial charge in [-0.3, -0.25) is 4.90 Å². The summed E-state index contributed by atoms with van der Waals surface area (Å²) in [7, 11) is 0. The molecule has 0 spiro atoms. The third-order valence-electron chi connectivity index (χ3n) is 4.03. The van der Waals surface area contributed by atoms with Gasteiger partial charge in [0, 0.05) is 45.1 Å². The Morgan fingerprint density at radius 2 is 1.83 bits per heavy atom. The second kappa shape index (κ2) is 7.68. The van der Waals surface area contributed by atoms with Crippen molar-refractivity contribution in [3.05, 3.63) is 41.4 Å². The van der Waals surface area contributed by atoms with E-state index in [1.807, 2.05) is 12.3 Å². The summed E-state index contributed by atoms with van der Waals surface area (Å²) in [5.74, 6) is 1.39.